The third-order valence-electron chi connectivity index (χ3n) is 13.4. The summed E-state index contributed by atoms with van der Waals surface area (Å²) in [4.78, 5) is 23.3. The van der Waals surface area contributed by atoms with E-state index in [1.165, 1.54) is 205 Å². The lowest BCUT2D eigenvalue weighted by atomic mass is 10.0. The Morgan fingerprint density at radius 1 is 0.500 bits per heavy atom. The molecular formula is C59H116N2O6P+. The van der Waals surface area contributed by atoms with Crippen molar-refractivity contribution in [3.8, 4) is 0 Å². The number of carbonyl (C=O) groups is 1. The number of hydrogen-bond acceptors (Lipinski definition) is 5. The van der Waals surface area contributed by atoms with E-state index in [4.69, 9.17) is 9.05 Å². The zero-order valence-corrected chi connectivity index (χ0v) is 46.8. The number of carbonyl (C=O) groups excluding carboxylic acids is 1. The first-order valence-electron chi connectivity index (χ1n) is 29.4. The molecule has 0 aromatic rings. The van der Waals surface area contributed by atoms with Crippen molar-refractivity contribution in [2.75, 3.05) is 40.9 Å². The second-order valence-electron chi connectivity index (χ2n) is 21.4. The second-order valence-corrected chi connectivity index (χ2v) is 22.8. The summed E-state index contributed by atoms with van der Waals surface area (Å²) in [6, 6.07) is -0.757. The summed E-state index contributed by atoms with van der Waals surface area (Å²) in [5, 5.41) is 14.0. The first-order chi connectivity index (χ1) is 33.0. The molecular weight excluding hydrogens is 864 g/mol. The van der Waals surface area contributed by atoms with Crippen LogP contribution in [0.3, 0.4) is 0 Å². The molecule has 3 unspecified atom stereocenters. The minimum atomic E-state index is -4.31. The van der Waals surface area contributed by atoms with Gasteiger partial charge in [0.2, 0.25) is 5.91 Å². The minimum absolute atomic E-state index is 0.0762. The van der Waals surface area contributed by atoms with E-state index >= 15 is 0 Å². The lowest BCUT2D eigenvalue weighted by Crippen LogP contribution is -2.46. The standard InChI is InChI=1S/C59H115N2O6P/c1-6-8-10-12-14-16-18-19-20-21-22-23-24-25-26-27-28-29-30-31-32-33-34-35-36-37-38-39-40-41-43-45-47-49-51-53-59(63)60-57(56-67-68(64,65)66-55-54-61(3,4)5)58(62)52-50-48-46-44-42-17-15-13-11-9-7-2/h18-19,21-22,24-25,57-58,62H,6-17,20,23,26-56H2,1-5H3,(H-,60,63,64,65)/p+1/b19-18-,22-21-,25-24-. The number of amides is 1. The molecule has 0 saturated heterocycles. The van der Waals surface area contributed by atoms with Gasteiger partial charge in [-0.05, 0) is 51.4 Å². The zero-order valence-electron chi connectivity index (χ0n) is 45.9. The predicted octanol–water partition coefficient (Wildman–Crippen LogP) is 17.8. The van der Waals surface area contributed by atoms with Gasteiger partial charge < -0.3 is 19.8 Å². The van der Waals surface area contributed by atoms with Crippen molar-refractivity contribution in [3.63, 3.8) is 0 Å². The van der Waals surface area contributed by atoms with Crippen molar-refractivity contribution in [1.82, 2.24) is 5.32 Å². The van der Waals surface area contributed by atoms with Crippen LogP contribution < -0.4 is 5.32 Å². The number of phosphoric acid groups is 1. The maximum Gasteiger partial charge on any atom is 0.472 e. The molecule has 8 nitrogen and oxygen atoms in total. The second kappa shape index (κ2) is 50.7. The van der Waals surface area contributed by atoms with E-state index in [-0.39, 0.29) is 19.1 Å². The van der Waals surface area contributed by atoms with E-state index < -0.39 is 20.0 Å². The summed E-state index contributed by atoms with van der Waals surface area (Å²) in [6.45, 7) is 4.89. The van der Waals surface area contributed by atoms with Crippen LogP contribution in [0.25, 0.3) is 0 Å². The monoisotopic (exact) mass is 980 g/mol. The summed E-state index contributed by atoms with van der Waals surface area (Å²) in [5.74, 6) is -0.142. The number of aliphatic hydroxyl groups excluding tert-OH is 1. The van der Waals surface area contributed by atoms with Gasteiger partial charge in [0.15, 0.2) is 0 Å². The third kappa shape index (κ3) is 52.5. The number of nitrogens with zero attached hydrogens (tertiary/aromatic N) is 1. The van der Waals surface area contributed by atoms with Crippen molar-refractivity contribution in [2.45, 2.75) is 296 Å². The topological polar surface area (TPSA) is 105 Å². The molecule has 0 bridgehead atoms. The van der Waals surface area contributed by atoms with Gasteiger partial charge in [0.1, 0.15) is 13.2 Å². The smallest absolute Gasteiger partial charge is 0.391 e. The summed E-state index contributed by atoms with van der Waals surface area (Å²) >= 11 is 0. The number of quaternary nitrogens is 1. The van der Waals surface area contributed by atoms with Crippen LogP contribution in [0.1, 0.15) is 284 Å². The number of aliphatic hydroxyl groups is 1. The lowest BCUT2D eigenvalue weighted by molar-refractivity contribution is -0.870. The number of unbranched alkanes of at least 4 members (excludes halogenated alkanes) is 35. The van der Waals surface area contributed by atoms with Crippen molar-refractivity contribution < 1.29 is 32.9 Å². The molecule has 0 radical (unpaired) electrons. The first kappa shape index (κ1) is 66.7. The number of allylic oxidation sites excluding steroid dienone is 6. The molecule has 1 amide bonds. The minimum Gasteiger partial charge on any atom is -0.391 e. The van der Waals surface area contributed by atoms with Gasteiger partial charge in [-0.25, -0.2) is 4.57 Å². The molecule has 0 spiro atoms. The van der Waals surface area contributed by atoms with Gasteiger partial charge in [0, 0.05) is 6.42 Å². The van der Waals surface area contributed by atoms with Gasteiger partial charge in [-0.3, -0.25) is 13.8 Å². The summed E-state index contributed by atoms with van der Waals surface area (Å²) in [7, 11) is 1.62. The van der Waals surface area contributed by atoms with Crippen molar-refractivity contribution in [3.05, 3.63) is 36.5 Å². The average Bonchev–Trinajstić information content (AvgIpc) is 3.30. The van der Waals surface area contributed by atoms with Gasteiger partial charge in [0.05, 0.1) is 39.9 Å². The molecule has 68 heavy (non-hydrogen) atoms. The van der Waals surface area contributed by atoms with E-state index in [9.17, 15) is 19.4 Å². The first-order valence-corrected chi connectivity index (χ1v) is 30.8. The largest absolute Gasteiger partial charge is 0.472 e. The van der Waals surface area contributed by atoms with Crippen molar-refractivity contribution in [2.24, 2.45) is 0 Å². The van der Waals surface area contributed by atoms with Crippen LogP contribution in [-0.2, 0) is 18.4 Å². The highest BCUT2D eigenvalue weighted by atomic mass is 31.2. The molecule has 402 valence electrons. The van der Waals surface area contributed by atoms with Crippen LogP contribution in [-0.4, -0.2) is 73.4 Å². The van der Waals surface area contributed by atoms with Crippen LogP contribution in [0.15, 0.2) is 36.5 Å². The van der Waals surface area contributed by atoms with E-state index in [1.54, 1.807) is 0 Å². The van der Waals surface area contributed by atoms with Gasteiger partial charge in [-0.2, -0.15) is 0 Å². The molecule has 9 heteroatoms. The molecule has 3 atom stereocenters. The van der Waals surface area contributed by atoms with Crippen LogP contribution in [0.2, 0.25) is 0 Å². The zero-order chi connectivity index (χ0) is 49.9. The van der Waals surface area contributed by atoms with Crippen molar-refractivity contribution >= 4 is 13.7 Å². The number of rotatable bonds is 54. The fraction of sp³-hybridized carbons (Fsp3) is 0.881. The Morgan fingerprint density at radius 3 is 1.22 bits per heavy atom. The third-order valence-corrected chi connectivity index (χ3v) is 14.4. The number of likely N-dealkylation sites (N-methyl/N-ethyl adjacent to an activating group) is 1. The number of phosphoric ester groups is 1. The van der Waals surface area contributed by atoms with E-state index in [2.05, 4.69) is 55.6 Å². The molecule has 3 N–H and O–H groups in total. The summed E-state index contributed by atoms with van der Waals surface area (Å²) < 4.78 is 23.7. The Balaban J connectivity index is 3.90. The SMILES string of the molecule is CCCCCCC/C=C\C/C=C\C/C=C\CCCCCCCCCCCCCCCCCCCCCCC(=O)NC(COP(=O)(O)OCC[N+](C)(C)C)C(O)CCCCCCCCCCCCC. The molecule has 0 aromatic carbocycles. The summed E-state index contributed by atoms with van der Waals surface area (Å²) in [5.41, 5.74) is 0. The Labute approximate surface area is 423 Å². The lowest BCUT2D eigenvalue weighted by Gasteiger charge is -2.26. The highest BCUT2D eigenvalue weighted by Gasteiger charge is 2.28. The fourth-order valence-electron chi connectivity index (χ4n) is 8.76. The molecule has 0 aliphatic rings. The molecule has 0 fully saturated rings. The fourth-order valence-corrected chi connectivity index (χ4v) is 9.50. The predicted molar refractivity (Wildman–Crippen MR) is 295 cm³/mol. The van der Waals surface area contributed by atoms with Crippen LogP contribution in [0.5, 0.6) is 0 Å². The van der Waals surface area contributed by atoms with E-state index in [0.29, 0.717) is 23.9 Å². The molecule has 0 saturated carbocycles. The molecule has 0 aromatic heterocycles. The van der Waals surface area contributed by atoms with Crippen molar-refractivity contribution in [1.29, 1.82) is 0 Å². The highest BCUT2D eigenvalue weighted by Crippen LogP contribution is 2.43. The van der Waals surface area contributed by atoms with Crippen LogP contribution >= 0.6 is 7.82 Å². The molecule has 0 heterocycles. The van der Waals surface area contributed by atoms with Gasteiger partial charge in [0.25, 0.3) is 0 Å². The van der Waals surface area contributed by atoms with E-state index in [0.717, 1.165) is 51.4 Å². The maximum absolute atomic E-state index is 13.0. The molecule has 0 rings (SSSR count). The van der Waals surface area contributed by atoms with Gasteiger partial charge in [-0.1, -0.05) is 262 Å². The maximum atomic E-state index is 13.0. The Hall–Kier alpha value is -1.28. The van der Waals surface area contributed by atoms with Gasteiger partial charge in [-0.15, -0.1) is 0 Å². The Bertz CT molecular complexity index is 1200. The molecule has 0 aliphatic heterocycles. The molecule has 0 aliphatic carbocycles. The Morgan fingerprint density at radius 2 is 0.838 bits per heavy atom. The highest BCUT2D eigenvalue weighted by molar-refractivity contribution is 7.47. The Kier molecular flexibility index (Phi) is 49.7. The van der Waals surface area contributed by atoms with E-state index in [1.807, 2.05) is 21.1 Å². The summed E-state index contributed by atoms with van der Waals surface area (Å²) in [6.07, 6.45) is 65.1. The number of hydrogen-bond donors (Lipinski definition) is 3. The van der Waals surface area contributed by atoms with Crippen LogP contribution in [0, 0.1) is 0 Å². The normalized spacial score (nSPS) is 14.2. The average molecular weight is 981 g/mol. The van der Waals surface area contributed by atoms with Crippen LogP contribution in [0.4, 0.5) is 0 Å². The number of nitrogens with one attached hydrogen (secondary N) is 1. The van der Waals surface area contributed by atoms with Gasteiger partial charge >= 0.3 is 7.82 Å². The quantitative estimate of drug-likeness (QED) is 0.0243.